The second kappa shape index (κ2) is 5.34. The zero-order chi connectivity index (χ0) is 12.1. The first-order valence-electron chi connectivity index (χ1n) is 5.61. The first-order valence-corrected chi connectivity index (χ1v) is 5.61. The molecule has 0 spiro atoms. The van der Waals surface area contributed by atoms with Gasteiger partial charge in [0.15, 0.2) is 5.78 Å². The molecule has 0 radical (unpaired) electrons. The summed E-state index contributed by atoms with van der Waals surface area (Å²) in [6.45, 7) is 2.86. The maximum absolute atomic E-state index is 12.0. The predicted molar refractivity (Wildman–Crippen MR) is 62.6 cm³/mol. The van der Waals surface area contributed by atoms with E-state index in [1.165, 1.54) is 6.33 Å². The van der Waals surface area contributed by atoms with Gasteiger partial charge in [-0.1, -0.05) is 6.92 Å². The van der Waals surface area contributed by atoms with Gasteiger partial charge in [0.25, 0.3) is 0 Å². The molecular formula is C12H14N4O. The van der Waals surface area contributed by atoms with Gasteiger partial charge in [-0.2, -0.15) is 5.10 Å². The summed E-state index contributed by atoms with van der Waals surface area (Å²) in [6, 6.07) is 3.42. The lowest BCUT2D eigenvalue weighted by atomic mass is 10.1. The van der Waals surface area contributed by atoms with E-state index in [-0.39, 0.29) is 12.2 Å². The topological polar surface area (TPSA) is 60.7 Å². The molecule has 0 amide bonds. The summed E-state index contributed by atoms with van der Waals surface area (Å²) in [5.41, 5.74) is 0.658. The Balaban J connectivity index is 2.11. The zero-order valence-electron chi connectivity index (χ0n) is 9.71. The Kier molecular flexibility index (Phi) is 3.59. The van der Waals surface area contributed by atoms with Crippen molar-refractivity contribution in [3.8, 4) is 0 Å². The van der Waals surface area contributed by atoms with Crippen LogP contribution in [0.5, 0.6) is 0 Å². The number of hydrogen-bond donors (Lipinski definition) is 0. The van der Waals surface area contributed by atoms with Gasteiger partial charge in [0.2, 0.25) is 0 Å². The maximum Gasteiger partial charge on any atom is 0.170 e. The summed E-state index contributed by atoms with van der Waals surface area (Å²) in [5.74, 6) is 0.756. The molecule has 0 fully saturated rings. The van der Waals surface area contributed by atoms with Gasteiger partial charge in [0.1, 0.15) is 12.2 Å². The number of carbonyl (C=O) groups excluding carboxylic acids is 1. The average molecular weight is 230 g/mol. The summed E-state index contributed by atoms with van der Waals surface area (Å²) in [4.78, 5) is 20.0. The largest absolute Gasteiger partial charge is 0.294 e. The lowest BCUT2D eigenvalue weighted by molar-refractivity contribution is 0.0989. The highest BCUT2D eigenvalue weighted by molar-refractivity contribution is 5.96. The Bertz CT molecular complexity index is 492. The fraction of sp³-hybridized carbons (Fsp3) is 0.333. The number of Topliss-reactive ketones (excluding diaryl/α,β-unsaturated/α-hetero) is 1. The fourth-order valence-electron chi connectivity index (χ4n) is 1.61. The Morgan fingerprint density at radius 1 is 1.35 bits per heavy atom. The van der Waals surface area contributed by atoms with Crippen LogP contribution in [-0.4, -0.2) is 25.5 Å². The second-order valence-corrected chi connectivity index (χ2v) is 3.74. The van der Waals surface area contributed by atoms with E-state index >= 15 is 0 Å². The van der Waals surface area contributed by atoms with Gasteiger partial charge in [-0.15, -0.1) is 0 Å². The van der Waals surface area contributed by atoms with Crippen LogP contribution in [0.1, 0.15) is 29.5 Å². The van der Waals surface area contributed by atoms with E-state index in [1.807, 2.05) is 0 Å². The minimum absolute atomic E-state index is 0.0396. The van der Waals surface area contributed by atoms with Crippen molar-refractivity contribution in [1.82, 2.24) is 19.7 Å². The van der Waals surface area contributed by atoms with Crippen molar-refractivity contribution < 1.29 is 4.79 Å². The first-order chi connectivity index (χ1) is 8.31. The summed E-state index contributed by atoms with van der Waals surface area (Å²) in [7, 11) is 0. The Hall–Kier alpha value is -2.04. The molecule has 0 saturated heterocycles. The van der Waals surface area contributed by atoms with Crippen LogP contribution in [-0.2, 0) is 13.0 Å². The van der Waals surface area contributed by atoms with E-state index in [9.17, 15) is 4.79 Å². The molecule has 2 aromatic rings. The van der Waals surface area contributed by atoms with Gasteiger partial charge in [0.05, 0.1) is 6.42 Å². The third kappa shape index (κ3) is 2.75. The molecule has 2 rings (SSSR count). The van der Waals surface area contributed by atoms with Crippen LogP contribution in [0.25, 0.3) is 0 Å². The highest BCUT2D eigenvalue weighted by Gasteiger charge is 2.11. The standard InChI is InChI=1S/C12H14N4O/c1-2-7-16-12(14-9-15-16)8-11(17)10-3-5-13-6-4-10/h3-6,9H,2,7-8H2,1H3. The molecule has 5 heteroatoms. The van der Waals surface area contributed by atoms with Gasteiger partial charge in [-0.25, -0.2) is 9.67 Å². The SMILES string of the molecule is CCCn1ncnc1CC(=O)c1ccncc1. The lowest BCUT2D eigenvalue weighted by Gasteiger charge is -2.03. The van der Waals surface area contributed by atoms with E-state index in [1.54, 1.807) is 29.2 Å². The third-order valence-electron chi connectivity index (χ3n) is 2.45. The van der Waals surface area contributed by atoms with Gasteiger partial charge in [-0.05, 0) is 18.6 Å². The zero-order valence-corrected chi connectivity index (χ0v) is 9.71. The molecule has 0 saturated carbocycles. The normalized spacial score (nSPS) is 10.4. The van der Waals surface area contributed by atoms with Gasteiger partial charge in [-0.3, -0.25) is 9.78 Å². The number of aromatic nitrogens is 4. The van der Waals surface area contributed by atoms with Crippen molar-refractivity contribution in [1.29, 1.82) is 0 Å². The number of aryl methyl sites for hydroxylation is 1. The van der Waals surface area contributed by atoms with Crippen molar-refractivity contribution in [2.45, 2.75) is 26.3 Å². The van der Waals surface area contributed by atoms with E-state index in [0.29, 0.717) is 11.4 Å². The van der Waals surface area contributed by atoms with Gasteiger partial charge < -0.3 is 0 Å². The molecule has 0 aliphatic carbocycles. The minimum Gasteiger partial charge on any atom is -0.294 e. The van der Waals surface area contributed by atoms with Crippen molar-refractivity contribution in [2.75, 3.05) is 0 Å². The Morgan fingerprint density at radius 2 is 2.12 bits per heavy atom. The number of ketones is 1. The lowest BCUT2D eigenvalue weighted by Crippen LogP contribution is -2.11. The number of rotatable bonds is 5. The molecule has 0 unspecified atom stereocenters. The molecule has 0 aliphatic heterocycles. The molecule has 2 heterocycles. The Labute approximate surface area is 99.5 Å². The van der Waals surface area contributed by atoms with Crippen LogP contribution < -0.4 is 0 Å². The van der Waals surface area contributed by atoms with Crippen LogP contribution >= 0.6 is 0 Å². The van der Waals surface area contributed by atoms with E-state index < -0.39 is 0 Å². The highest BCUT2D eigenvalue weighted by Crippen LogP contribution is 2.04. The third-order valence-corrected chi connectivity index (χ3v) is 2.45. The molecule has 0 aliphatic rings. The van der Waals surface area contributed by atoms with Crippen molar-refractivity contribution in [3.63, 3.8) is 0 Å². The smallest absolute Gasteiger partial charge is 0.170 e. The van der Waals surface area contributed by atoms with Crippen LogP contribution in [0.4, 0.5) is 0 Å². The van der Waals surface area contributed by atoms with Gasteiger partial charge in [0, 0.05) is 24.5 Å². The van der Waals surface area contributed by atoms with E-state index in [2.05, 4.69) is 22.0 Å². The molecule has 0 bridgehead atoms. The molecule has 17 heavy (non-hydrogen) atoms. The number of nitrogens with zero attached hydrogens (tertiary/aromatic N) is 4. The van der Waals surface area contributed by atoms with Crippen LogP contribution in [0.2, 0.25) is 0 Å². The molecule has 2 aromatic heterocycles. The highest BCUT2D eigenvalue weighted by atomic mass is 16.1. The first kappa shape index (κ1) is 11.4. The fourth-order valence-corrected chi connectivity index (χ4v) is 1.61. The number of hydrogen-bond acceptors (Lipinski definition) is 4. The average Bonchev–Trinajstić information content (AvgIpc) is 2.78. The van der Waals surface area contributed by atoms with Crippen molar-refractivity contribution in [3.05, 3.63) is 42.2 Å². The van der Waals surface area contributed by atoms with E-state index in [0.717, 1.165) is 13.0 Å². The summed E-state index contributed by atoms with van der Waals surface area (Å²) in [6.07, 6.45) is 5.97. The van der Waals surface area contributed by atoms with Gasteiger partial charge >= 0.3 is 0 Å². The van der Waals surface area contributed by atoms with Crippen molar-refractivity contribution >= 4 is 5.78 Å². The number of carbonyl (C=O) groups is 1. The monoisotopic (exact) mass is 230 g/mol. The molecule has 88 valence electrons. The molecular weight excluding hydrogens is 216 g/mol. The summed E-state index contributed by atoms with van der Waals surface area (Å²) in [5, 5.41) is 4.09. The maximum atomic E-state index is 12.0. The summed E-state index contributed by atoms with van der Waals surface area (Å²) < 4.78 is 1.78. The molecule has 0 N–H and O–H groups in total. The molecule has 5 nitrogen and oxygen atoms in total. The second-order valence-electron chi connectivity index (χ2n) is 3.74. The van der Waals surface area contributed by atoms with E-state index in [4.69, 9.17) is 0 Å². The quantitative estimate of drug-likeness (QED) is 0.730. The molecule has 0 atom stereocenters. The van der Waals surface area contributed by atoms with Crippen LogP contribution in [0, 0.1) is 0 Å². The van der Waals surface area contributed by atoms with Crippen LogP contribution in [0.3, 0.4) is 0 Å². The number of pyridine rings is 1. The summed E-state index contributed by atoms with van der Waals surface area (Å²) >= 11 is 0. The molecule has 0 aromatic carbocycles. The minimum atomic E-state index is 0.0396. The van der Waals surface area contributed by atoms with Crippen molar-refractivity contribution in [2.24, 2.45) is 0 Å². The Morgan fingerprint density at radius 3 is 2.82 bits per heavy atom. The van der Waals surface area contributed by atoms with Crippen LogP contribution in [0.15, 0.2) is 30.9 Å². The predicted octanol–water partition coefficient (Wildman–Crippen LogP) is 1.51.